The van der Waals surface area contributed by atoms with Crippen molar-refractivity contribution in [2.24, 2.45) is 7.05 Å². The van der Waals surface area contributed by atoms with Gasteiger partial charge in [-0.15, -0.1) is 0 Å². The number of rotatable bonds is 8. The molecule has 0 aliphatic rings. The minimum absolute atomic E-state index is 0.130. The first-order valence-corrected chi connectivity index (χ1v) is 10.3. The van der Waals surface area contributed by atoms with Crippen LogP contribution in [0, 0.1) is 6.92 Å². The summed E-state index contributed by atoms with van der Waals surface area (Å²) < 4.78 is 7.30. The Morgan fingerprint density at radius 3 is 2.69 bits per heavy atom. The van der Waals surface area contributed by atoms with Gasteiger partial charge in [0.25, 0.3) is 0 Å². The Morgan fingerprint density at radius 2 is 2.00 bits per heavy atom. The lowest BCUT2D eigenvalue weighted by molar-refractivity contribution is -0.118. The molecule has 0 bridgehead atoms. The number of aromatic nitrogens is 4. The van der Waals surface area contributed by atoms with E-state index in [0.717, 1.165) is 28.0 Å². The summed E-state index contributed by atoms with van der Waals surface area (Å²) in [6.45, 7) is 8.68. The van der Waals surface area contributed by atoms with Crippen molar-refractivity contribution in [1.29, 1.82) is 0 Å². The number of hydrogen-bond donors (Lipinski definition) is 0. The first-order chi connectivity index (χ1) is 13.8. The van der Waals surface area contributed by atoms with Crippen LogP contribution in [0.1, 0.15) is 55.6 Å². The number of hydrogen-bond acceptors (Lipinski definition) is 5. The van der Waals surface area contributed by atoms with Crippen molar-refractivity contribution >= 4 is 28.4 Å². The fourth-order valence-corrected chi connectivity index (χ4v) is 3.75. The van der Waals surface area contributed by atoms with Gasteiger partial charge in [0.2, 0.25) is 5.88 Å². The molecule has 29 heavy (non-hydrogen) atoms. The molecule has 0 aliphatic carbocycles. The molecule has 3 heterocycles. The van der Waals surface area contributed by atoms with E-state index in [1.54, 1.807) is 12.1 Å². The second-order valence-electron chi connectivity index (χ2n) is 7.55. The minimum Gasteiger partial charge on any atom is -0.478 e. The van der Waals surface area contributed by atoms with E-state index in [2.05, 4.69) is 30.0 Å². The summed E-state index contributed by atoms with van der Waals surface area (Å²) in [4.78, 5) is 21.5. The molecular weight excluding hydrogens is 388 g/mol. The molecule has 0 aromatic carbocycles. The lowest BCUT2D eigenvalue weighted by atomic mass is 9.99. The van der Waals surface area contributed by atoms with Crippen LogP contribution in [0.4, 0.5) is 0 Å². The van der Waals surface area contributed by atoms with E-state index >= 15 is 0 Å². The van der Waals surface area contributed by atoms with Gasteiger partial charge in [-0.1, -0.05) is 25.4 Å². The second kappa shape index (κ2) is 8.91. The number of pyridine rings is 2. The van der Waals surface area contributed by atoms with Crippen molar-refractivity contribution in [3.8, 4) is 5.88 Å². The van der Waals surface area contributed by atoms with Gasteiger partial charge in [-0.05, 0) is 49.4 Å². The zero-order chi connectivity index (χ0) is 21.1. The van der Waals surface area contributed by atoms with Crippen molar-refractivity contribution in [3.05, 3.63) is 45.9 Å². The molecule has 0 aliphatic heterocycles. The molecule has 0 N–H and O–H groups in total. The molecule has 0 spiro atoms. The number of carbonyl (C=O) groups excluding carboxylic acids is 1. The predicted molar refractivity (Wildman–Crippen MR) is 115 cm³/mol. The Morgan fingerprint density at radius 1 is 1.24 bits per heavy atom. The molecule has 0 atom stereocenters. The van der Waals surface area contributed by atoms with Crippen LogP contribution in [0.5, 0.6) is 5.88 Å². The summed E-state index contributed by atoms with van der Waals surface area (Å²) >= 11 is 6.04. The van der Waals surface area contributed by atoms with Crippen LogP contribution in [0.3, 0.4) is 0 Å². The molecule has 0 saturated heterocycles. The second-order valence-corrected chi connectivity index (χ2v) is 7.94. The molecule has 0 fully saturated rings. The van der Waals surface area contributed by atoms with Gasteiger partial charge in [0.1, 0.15) is 16.5 Å². The van der Waals surface area contributed by atoms with Crippen molar-refractivity contribution in [1.82, 2.24) is 19.7 Å². The van der Waals surface area contributed by atoms with Crippen LogP contribution in [0.2, 0.25) is 5.15 Å². The van der Waals surface area contributed by atoms with E-state index in [1.165, 1.54) is 5.56 Å². The molecule has 0 saturated carbocycles. The maximum Gasteiger partial charge on any atom is 0.214 e. The number of ether oxygens (including phenoxy) is 1. The monoisotopic (exact) mass is 414 g/mol. The molecule has 0 amide bonds. The maximum absolute atomic E-state index is 12.6. The first kappa shape index (κ1) is 21.2. The number of ketones is 1. The number of fused-ring (bicyclic) bond motifs is 1. The highest BCUT2D eigenvalue weighted by atomic mass is 35.5. The summed E-state index contributed by atoms with van der Waals surface area (Å²) in [5, 5.41) is 4.85. The third-order valence-corrected chi connectivity index (χ3v) is 5.04. The summed E-state index contributed by atoms with van der Waals surface area (Å²) in [5.41, 5.74) is 5.85. The average molecular weight is 415 g/mol. The van der Waals surface area contributed by atoms with Gasteiger partial charge in [-0.3, -0.25) is 9.48 Å². The van der Waals surface area contributed by atoms with E-state index in [-0.39, 0.29) is 5.78 Å². The Balaban J connectivity index is 1.75. The standard InChI is InChI=1S/C22H27ClN4O2/c1-6-29-20-11-15(10-19(23)25-20)9-17(28)8-7-16-12-18(13(2)3)22-21(24-16)14(4)26-27(22)5/h10-13H,6-9H2,1-5H3. The lowest BCUT2D eigenvalue weighted by Crippen LogP contribution is -2.07. The molecule has 6 nitrogen and oxygen atoms in total. The topological polar surface area (TPSA) is 69.9 Å². The molecule has 3 aromatic rings. The zero-order valence-electron chi connectivity index (χ0n) is 17.6. The van der Waals surface area contributed by atoms with Gasteiger partial charge < -0.3 is 4.74 Å². The first-order valence-electron chi connectivity index (χ1n) is 9.92. The highest BCUT2D eigenvalue weighted by molar-refractivity contribution is 6.29. The van der Waals surface area contributed by atoms with E-state index in [0.29, 0.717) is 42.8 Å². The predicted octanol–water partition coefficient (Wildman–Crippen LogP) is 4.59. The fraction of sp³-hybridized carbons (Fsp3) is 0.455. The number of aryl methyl sites for hydroxylation is 3. The van der Waals surface area contributed by atoms with Crippen molar-refractivity contribution in [2.75, 3.05) is 6.61 Å². The number of halogens is 1. The smallest absolute Gasteiger partial charge is 0.214 e. The molecule has 3 rings (SSSR count). The number of Topliss-reactive ketones (excluding diaryl/α,β-unsaturated/α-hetero) is 1. The largest absolute Gasteiger partial charge is 0.478 e. The third kappa shape index (κ3) is 4.93. The van der Waals surface area contributed by atoms with Gasteiger partial charge >= 0.3 is 0 Å². The third-order valence-electron chi connectivity index (χ3n) is 4.85. The zero-order valence-corrected chi connectivity index (χ0v) is 18.4. The van der Waals surface area contributed by atoms with Gasteiger partial charge in [0.05, 0.1) is 17.8 Å². The Kier molecular flexibility index (Phi) is 6.52. The summed E-state index contributed by atoms with van der Waals surface area (Å²) in [7, 11) is 1.95. The Labute approximate surface area is 176 Å². The van der Waals surface area contributed by atoms with Crippen molar-refractivity contribution in [2.45, 2.75) is 52.9 Å². The summed E-state index contributed by atoms with van der Waals surface area (Å²) in [6.07, 6.45) is 1.31. The summed E-state index contributed by atoms with van der Waals surface area (Å²) in [6, 6.07) is 5.59. The summed E-state index contributed by atoms with van der Waals surface area (Å²) in [5.74, 6) is 0.926. The van der Waals surface area contributed by atoms with Crippen molar-refractivity contribution in [3.63, 3.8) is 0 Å². The molecule has 0 unspecified atom stereocenters. The minimum atomic E-state index is 0.130. The average Bonchev–Trinajstić information content (AvgIpc) is 2.93. The van der Waals surface area contributed by atoms with Gasteiger partial charge in [-0.2, -0.15) is 5.10 Å². The molecular formula is C22H27ClN4O2. The van der Waals surface area contributed by atoms with Crippen LogP contribution in [0.25, 0.3) is 11.0 Å². The van der Waals surface area contributed by atoms with Crippen LogP contribution in [-0.4, -0.2) is 32.1 Å². The SMILES string of the molecule is CCOc1cc(CC(=O)CCc2cc(C(C)C)c3c(n2)c(C)nn3C)cc(Cl)n1. The van der Waals surface area contributed by atoms with Crippen LogP contribution in [-0.2, 0) is 24.7 Å². The highest BCUT2D eigenvalue weighted by Crippen LogP contribution is 2.27. The fourth-order valence-electron chi connectivity index (χ4n) is 3.53. The van der Waals surface area contributed by atoms with Crippen LogP contribution in [0.15, 0.2) is 18.2 Å². The van der Waals surface area contributed by atoms with Crippen LogP contribution < -0.4 is 4.74 Å². The quantitative estimate of drug-likeness (QED) is 0.504. The molecule has 154 valence electrons. The number of carbonyl (C=O) groups is 1. The van der Waals surface area contributed by atoms with Crippen LogP contribution >= 0.6 is 11.6 Å². The molecule has 7 heteroatoms. The van der Waals surface area contributed by atoms with Gasteiger partial charge in [-0.25, -0.2) is 9.97 Å². The van der Waals surface area contributed by atoms with Gasteiger partial charge in [0, 0.05) is 31.6 Å². The van der Waals surface area contributed by atoms with E-state index in [9.17, 15) is 4.79 Å². The maximum atomic E-state index is 12.6. The highest BCUT2D eigenvalue weighted by Gasteiger charge is 2.16. The van der Waals surface area contributed by atoms with E-state index < -0.39 is 0 Å². The Hall–Kier alpha value is -2.47. The Bertz CT molecular complexity index is 1040. The molecule has 3 aromatic heterocycles. The number of nitrogens with zero attached hydrogens (tertiary/aromatic N) is 4. The van der Waals surface area contributed by atoms with E-state index in [1.807, 2.05) is 25.6 Å². The lowest BCUT2D eigenvalue weighted by Gasteiger charge is -2.11. The van der Waals surface area contributed by atoms with Crippen molar-refractivity contribution < 1.29 is 9.53 Å². The normalized spacial score (nSPS) is 11.4. The van der Waals surface area contributed by atoms with E-state index in [4.69, 9.17) is 21.3 Å². The molecule has 0 radical (unpaired) electrons. The van der Waals surface area contributed by atoms with Gasteiger partial charge in [0.15, 0.2) is 0 Å².